The third kappa shape index (κ3) is 6.45. The van der Waals surface area contributed by atoms with Crippen LogP contribution in [0.2, 0.25) is 0 Å². The van der Waals surface area contributed by atoms with Crippen LogP contribution >= 0.6 is 0 Å². The Morgan fingerprint density at radius 1 is 1.11 bits per heavy atom. The third-order valence-electron chi connectivity index (χ3n) is 7.49. The molecule has 0 radical (unpaired) electrons. The number of esters is 1. The van der Waals surface area contributed by atoms with E-state index in [9.17, 15) is 9.59 Å². The Kier molecular flexibility index (Phi) is 10.2. The Morgan fingerprint density at radius 2 is 1.77 bits per heavy atom. The Labute approximate surface area is 252 Å². The van der Waals surface area contributed by atoms with E-state index in [-0.39, 0.29) is 64.3 Å². The maximum absolute atomic E-state index is 13.0. The van der Waals surface area contributed by atoms with Gasteiger partial charge in [0.25, 0.3) is 0 Å². The van der Waals surface area contributed by atoms with Crippen molar-refractivity contribution in [1.29, 1.82) is 0 Å². The van der Waals surface area contributed by atoms with E-state index in [2.05, 4.69) is 59.6 Å². The van der Waals surface area contributed by atoms with Crippen molar-refractivity contribution in [3.63, 3.8) is 0 Å². The molecule has 0 saturated heterocycles. The topological polar surface area (TPSA) is 74.4 Å². The molecule has 1 aliphatic carbocycles. The zero-order valence-corrected chi connectivity index (χ0v) is 24.5. The Bertz CT molecular complexity index is 1130. The zero-order chi connectivity index (χ0) is 24.1. The van der Waals surface area contributed by atoms with Crippen molar-refractivity contribution in [2.45, 2.75) is 50.1 Å². The Balaban J connectivity index is 0.00000228. The number of hydrogen-bond acceptors (Lipinski definition) is 4. The number of hydrogen-bond donors (Lipinski definition) is 2. The van der Waals surface area contributed by atoms with Crippen molar-refractivity contribution < 1.29 is 67.1 Å². The molecule has 0 unspecified atom stereocenters. The van der Waals surface area contributed by atoms with Crippen LogP contribution in [0.25, 0.3) is 10.9 Å². The van der Waals surface area contributed by atoms with Gasteiger partial charge in [-0.3, -0.25) is 9.69 Å². The van der Waals surface area contributed by atoms with Gasteiger partial charge in [0.2, 0.25) is 5.91 Å². The summed E-state index contributed by atoms with van der Waals surface area (Å²) in [6.07, 6.45) is 6.70. The first kappa shape index (κ1) is 28.1. The Hall–Kier alpha value is -1.48. The van der Waals surface area contributed by atoms with E-state index in [0.717, 1.165) is 42.1 Å². The summed E-state index contributed by atoms with van der Waals surface area (Å²) in [6.45, 7) is 0. The van der Waals surface area contributed by atoms with Gasteiger partial charge >= 0.3 is 57.4 Å². The molecule has 2 aromatic carbocycles. The van der Waals surface area contributed by atoms with Crippen LogP contribution in [0, 0.1) is 5.92 Å². The molecular formula is C28H36KN3O3. The van der Waals surface area contributed by atoms with E-state index in [1.807, 2.05) is 30.5 Å². The quantitative estimate of drug-likeness (QED) is 0.363. The predicted octanol–water partition coefficient (Wildman–Crippen LogP) is 1.52. The summed E-state index contributed by atoms with van der Waals surface area (Å²) in [5.74, 6) is -0.196. The summed E-state index contributed by atoms with van der Waals surface area (Å²) >= 11 is 0. The van der Waals surface area contributed by atoms with Gasteiger partial charge in [0.05, 0.1) is 7.11 Å². The van der Waals surface area contributed by atoms with Gasteiger partial charge in [-0.15, -0.1) is 0 Å². The molecule has 7 heteroatoms. The zero-order valence-electron chi connectivity index (χ0n) is 22.3. The van der Waals surface area contributed by atoms with Gasteiger partial charge in [-0.25, -0.2) is 4.79 Å². The number of ether oxygens (including phenoxy) is 1. The fraction of sp³-hybridized carbons (Fsp3) is 0.429. The maximum Gasteiger partial charge on any atom is 1.00 e. The second-order valence-electron chi connectivity index (χ2n) is 9.65. The molecule has 1 saturated carbocycles. The number of para-hydroxylation sites is 1. The number of carbonyl (C=O) groups is 2. The standard InChI is InChI=1S/C28H35N3O3.K.H/c1-31(2)28(22-9-5-4-6-10-22)15-13-20(14-16-28)17-26(32)30-25(27(33)34-3)18-21-19-29-24-12-8-7-11-23(21)24;;/h4-12,19-20,25,29H,13-18H2,1-3H3,(H,30,32);;/q;+1;-1/t20?,25-,28?;;/m0../s1. The second-order valence-corrected chi connectivity index (χ2v) is 9.65. The number of nitrogens with zero attached hydrogens (tertiary/aromatic N) is 1. The number of H-pyrrole nitrogens is 1. The molecular weight excluding hydrogens is 465 g/mol. The molecule has 182 valence electrons. The van der Waals surface area contributed by atoms with Crippen LogP contribution in [0.5, 0.6) is 0 Å². The largest absolute Gasteiger partial charge is 1.00 e. The molecule has 0 bridgehead atoms. The molecule has 1 amide bonds. The summed E-state index contributed by atoms with van der Waals surface area (Å²) in [4.78, 5) is 31.0. The molecule has 2 N–H and O–H groups in total. The molecule has 0 spiro atoms. The van der Waals surface area contributed by atoms with Crippen LogP contribution in [0.3, 0.4) is 0 Å². The molecule has 1 atom stereocenters. The van der Waals surface area contributed by atoms with Crippen LogP contribution in [-0.2, 0) is 26.3 Å². The van der Waals surface area contributed by atoms with Crippen LogP contribution in [0.1, 0.15) is 44.7 Å². The molecule has 6 nitrogen and oxygen atoms in total. The molecule has 1 fully saturated rings. The summed E-state index contributed by atoms with van der Waals surface area (Å²) in [6, 6.07) is 17.9. The van der Waals surface area contributed by atoms with E-state index in [4.69, 9.17) is 4.74 Å². The van der Waals surface area contributed by atoms with Crippen molar-refractivity contribution in [1.82, 2.24) is 15.2 Å². The average molecular weight is 502 g/mol. The fourth-order valence-corrected chi connectivity index (χ4v) is 5.47. The number of amides is 1. The van der Waals surface area contributed by atoms with E-state index >= 15 is 0 Å². The van der Waals surface area contributed by atoms with Crippen molar-refractivity contribution in [2.24, 2.45) is 5.92 Å². The van der Waals surface area contributed by atoms with Gasteiger partial charge in [0, 0.05) is 35.5 Å². The summed E-state index contributed by atoms with van der Waals surface area (Å²) in [5.41, 5.74) is 3.35. The van der Waals surface area contributed by atoms with Crippen molar-refractivity contribution >= 4 is 22.8 Å². The number of nitrogens with one attached hydrogen (secondary N) is 2. The van der Waals surface area contributed by atoms with Gasteiger partial charge in [-0.05, 0) is 62.9 Å². The first-order valence-corrected chi connectivity index (χ1v) is 12.1. The number of benzene rings is 2. The number of rotatable bonds is 8. The van der Waals surface area contributed by atoms with Gasteiger partial charge in [0.15, 0.2) is 0 Å². The van der Waals surface area contributed by atoms with Gasteiger partial charge in [0.1, 0.15) is 6.04 Å². The second kappa shape index (κ2) is 12.7. The monoisotopic (exact) mass is 501 g/mol. The minimum atomic E-state index is -0.703. The average Bonchev–Trinajstić information content (AvgIpc) is 3.27. The number of methoxy groups -OCH3 is 1. The molecule has 1 aliphatic rings. The first-order valence-electron chi connectivity index (χ1n) is 12.1. The van der Waals surface area contributed by atoms with Gasteiger partial charge in [-0.2, -0.15) is 0 Å². The summed E-state index contributed by atoms with van der Waals surface area (Å²) in [7, 11) is 5.65. The van der Waals surface area contributed by atoms with E-state index in [1.165, 1.54) is 12.7 Å². The van der Waals surface area contributed by atoms with E-state index in [1.54, 1.807) is 0 Å². The van der Waals surface area contributed by atoms with Gasteiger partial charge < -0.3 is 16.5 Å². The first-order chi connectivity index (χ1) is 16.4. The molecule has 1 aromatic heterocycles. The third-order valence-corrected chi connectivity index (χ3v) is 7.49. The van der Waals surface area contributed by atoms with E-state index < -0.39 is 12.0 Å². The fourth-order valence-electron chi connectivity index (χ4n) is 5.47. The number of aromatic nitrogens is 1. The Morgan fingerprint density at radius 3 is 2.43 bits per heavy atom. The molecule has 3 aromatic rings. The van der Waals surface area contributed by atoms with Crippen molar-refractivity contribution in [2.75, 3.05) is 21.2 Å². The van der Waals surface area contributed by atoms with Crippen LogP contribution in [-0.4, -0.2) is 49.0 Å². The molecule has 4 rings (SSSR count). The minimum Gasteiger partial charge on any atom is -1.00 e. The summed E-state index contributed by atoms with van der Waals surface area (Å²) < 4.78 is 5.00. The normalized spacial score (nSPS) is 20.7. The van der Waals surface area contributed by atoms with Crippen molar-refractivity contribution in [3.8, 4) is 0 Å². The minimum absolute atomic E-state index is 0. The van der Waals surface area contributed by atoms with Gasteiger partial charge in [-0.1, -0.05) is 48.5 Å². The number of fused-ring (bicyclic) bond motifs is 1. The summed E-state index contributed by atoms with van der Waals surface area (Å²) in [5, 5.41) is 4.01. The molecule has 35 heavy (non-hydrogen) atoms. The number of carbonyl (C=O) groups excluding carboxylic acids is 2. The van der Waals surface area contributed by atoms with Crippen LogP contribution in [0.15, 0.2) is 60.8 Å². The number of aromatic amines is 1. The predicted molar refractivity (Wildman–Crippen MR) is 135 cm³/mol. The molecule has 1 heterocycles. The van der Waals surface area contributed by atoms with E-state index in [0.29, 0.717) is 18.8 Å². The van der Waals surface area contributed by atoms with Crippen LogP contribution < -0.4 is 56.7 Å². The molecule has 0 aliphatic heterocycles. The van der Waals surface area contributed by atoms with Crippen LogP contribution in [0.4, 0.5) is 0 Å². The van der Waals surface area contributed by atoms with Crippen molar-refractivity contribution in [3.05, 3.63) is 71.9 Å². The SMILES string of the molecule is COC(=O)[C@H](Cc1c[nH]c2ccccc12)NC(=O)CC1CCC(c2ccccc2)(N(C)C)CC1.[H-].[K+]. The smallest absolute Gasteiger partial charge is 1.00 e. The maximum atomic E-state index is 13.0.